The molecule has 3 rings (SSSR count). The summed E-state index contributed by atoms with van der Waals surface area (Å²) in [7, 11) is -2.85. The van der Waals surface area contributed by atoms with E-state index in [4.69, 9.17) is 11.6 Å². The molecule has 6 nitrogen and oxygen atoms in total. The van der Waals surface area contributed by atoms with Gasteiger partial charge in [-0.2, -0.15) is 0 Å². The van der Waals surface area contributed by atoms with Crippen LogP contribution in [0.1, 0.15) is 10.4 Å². The first-order chi connectivity index (χ1) is 12.8. The third kappa shape index (κ3) is 4.49. The van der Waals surface area contributed by atoms with E-state index in [0.29, 0.717) is 15.2 Å². The van der Waals surface area contributed by atoms with Crippen LogP contribution in [0.2, 0.25) is 5.02 Å². The normalized spacial score (nSPS) is 11.2. The predicted octanol–water partition coefficient (Wildman–Crippen LogP) is 4.81. The summed E-state index contributed by atoms with van der Waals surface area (Å²) in [5.41, 5.74) is 1.34. The molecule has 0 bridgehead atoms. The fourth-order valence-electron chi connectivity index (χ4n) is 2.25. The van der Waals surface area contributed by atoms with Crippen LogP contribution in [-0.2, 0) is 14.8 Å². The van der Waals surface area contributed by atoms with Crippen LogP contribution >= 0.6 is 38.9 Å². The fourth-order valence-corrected chi connectivity index (χ4v) is 4.89. The van der Waals surface area contributed by atoms with Gasteiger partial charge in [0.05, 0.1) is 18.4 Å². The molecule has 0 atom stereocenters. The van der Waals surface area contributed by atoms with Crippen LogP contribution in [0.4, 0.5) is 5.13 Å². The van der Waals surface area contributed by atoms with Crippen LogP contribution in [0.25, 0.3) is 11.3 Å². The maximum Gasteiger partial charge on any atom is 0.339 e. The van der Waals surface area contributed by atoms with Crippen molar-refractivity contribution >= 4 is 60.0 Å². The van der Waals surface area contributed by atoms with Crippen LogP contribution in [0.3, 0.4) is 0 Å². The van der Waals surface area contributed by atoms with E-state index in [-0.39, 0.29) is 15.6 Å². The summed E-state index contributed by atoms with van der Waals surface area (Å²) in [5.74, 6) is -0.752. The molecule has 1 N–H and O–H groups in total. The van der Waals surface area contributed by atoms with Crippen LogP contribution < -0.4 is 4.72 Å². The first-order valence-electron chi connectivity index (χ1n) is 7.42. The number of nitrogens with one attached hydrogen (secondary N) is 1. The molecular formula is C17H12BrClN2O4S2. The Morgan fingerprint density at radius 2 is 1.93 bits per heavy atom. The molecule has 0 saturated carbocycles. The highest BCUT2D eigenvalue weighted by Crippen LogP contribution is 2.29. The molecule has 0 aliphatic carbocycles. The molecular weight excluding hydrogens is 476 g/mol. The molecule has 0 amide bonds. The third-order valence-electron chi connectivity index (χ3n) is 3.50. The molecule has 27 heavy (non-hydrogen) atoms. The van der Waals surface area contributed by atoms with Gasteiger partial charge < -0.3 is 4.74 Å². The van der Waals surface area contributed by atoms with E-state index in [1.54, 1.807) is 29.6 Å². The number of nitrogens with zero attached hydrogens (tertiary/aromatic N) is 1. The number of anilines is 1. The molecule has 1 heterocycles. The highest BCUT2D eigenvalue weighted by atomic mass is 79.9. The predicted molar refractivity (Wildman–Crippen MR) is 109 cm³/mol. The van der Waals surface area contributed by atoms with Gasteiger partial charge in [0.25, 0.3) is 10.0 Å². The van der Waals surface area contributed by atoms with Crippen molar-refractivity contribution in [3.8, 4) is 11.3 Å². The zero-order valence-corrected chi connectivity index (χ0v) is 17.7. The standard InChI is InChI=1S/C17H12BrClN2O4S2/c1-25-16(22)13-8-11(18)4-7-15(13)27(23,24)21-17-20-14(9-26-17)10-2-5-12(19)6-3-10/h2-9H,1H3,(H,20,21). The monoisotopic (exact) mass is 486 g/mol. The molecule has 0 saturated heterocycles. The van der Waals surface area contributed by atoms with Crippen molar-refractivity contribution in [2.45, 2.75) is 4.90 Å². The number of rotatable bonds is 5. The molecule has 0 spiro atoms. The number of thiazole rings is 1. The van der Waals surface area contributed by atoms with Crippen molar-refractivity contribution in [2.75, 3.05) is 11.8 Å². The second-order valence-corrected chi connectivity index (χ2v) is 9.14. The van der Waals surface area contributed by atoms with Gasteiger partial charge in [0.2, 0.25) is 0 Å². The number of benzene rings is 2. The Kier molecular flexibility index (Phi) is 5.85. The Bertz CT molecular complexity index is 1100. The third-order valence-corrected chi connectivity index (χ3v) is 6.53. The first-order valence-corrected chi connectivity index (χ1v) is 11.0. The Labute approximate surface area is 173 Å². The average Bonchev–Trinajstić information content (AvgIpc) is 3.09. The quantitative estimate of drug-likeness (QED) is 0.522. The molecule has 0 aliphatic heterocycles. The maximum atomic E-state index is 12.8. The van der Waals surface area contributed by atoms with Crippen molar-refractivity contribution < 1.29 is 17.9 Å². The van der Waals surface area contributed by atoms with Gasteiger partial charge in [0.1, 0.15) is 4.90 Å². The second-order valence-electron chi connectivity index (χ2n) is 5.28. The molecule has 1 aromatic heterocycles. The number of esters is 1. The number of halogens is 2. The molecule has 10 heteroatoms. The van der Waals surface area contributed by atoms with E-state index < -0.39 is 16.0 Å². The van der Waals surface area contributed by atoms with Crippen molar-refractivity contribution in [1.82, 2.24) is 4.98 Å². The average molecular weight is 488 g/mol. The number of carbonyl (C=O) groups is 1. The van der Waals surface area contributed by atoms with E-state index in [0.717, 1.165) is 16.9 Å². The van der Waals surface area contributed by atoms with Gasteiger partial charge in [-0.25, -0.2) is 18.2 Å². The van der Waals surface area contributed by atoms with Crippen molar-refractivity contribution in [3.63, 3.8) is 0 Å². The minimum Gasteiger partial charge on any atom is -0.465 e. The molecule has 0 fully saturated rings. The largest absolute Gasteiger partial charge is 0.465 e. The van der Waals surface area contributed by atoms with E-state index in [1.807, 2.05) is 0 Å². The number of sulfonamides is 1. The van der Waals surface area contributed by atoms with E-state index in [9.17, 15) is 13.2 Å². The van der Waals surface area contributed by atoms with E-state index in [1.165, 1.54) is 25.3 Å². The lowest BCUT2D eigenvalue weighted by molar-refractivity contribution is 0.0596. The van der Waals surface area contributed by atoms with Crippen LogP contribution in [0, 0.1) is 0 Å². The summed E-state index contributed by atoms with van der Waals surface area (Å²) in [5, 5.41) is 2.50. The topological polar surface area (TPSA) is 85.4 Å². The Hall–Kier alpha value is -1.94. The van der Waals surface area contributed by atoms with Crippen molar-refractivity contribution in [3.05, 3.63) is 62.9 Å². The van der Waals surface area contributed by atoms with Gasteiger partial charge in [0, 0.05) is 20.4 Å². The lowest BCUT2D eigenvalue weighted by Crippen LogP contribution is -2.17. The van der Waals surface area contributed by atoms with Gasteiger partial charge in [-0.1, -0.05) is 39.7 Å². The lowest BCUT2D eigenvalue weighted by Gasteiger charge is -2.10. The van der Waals surface area contributed by atoms with Gasteiger partial charge in [0.15, 0.2) is 5.13 Å². The number of hydrogen-bond donors (Lipinski definition) is 1. The minimum absolute atomic E-state index is 0.0751. The zero-order valence-electron chi connectivity index (χ0n) is 13.8. The molecule has 0 radical (unpaired) electrons. The zero-order chi connectivity index (χ0) is 19.6. The molecule has 2 aromatic carbocycles. The molecule has 0 aliphatic rings. The number of aromatic nitrogens is 1. The fraction of sp³-hybridized carbons (Fsp3) is 0.0588. The Morgan fingerprint density at radius 3 is 2.59 bits per heavy atom. The summed E-state index contributed by atoms with van der Waals surface area (Å²) in [6.07, 6.45) is 0. The second kappa shape index (κ2) is 7.97. The SMILES string of the molecule is COC(=O)c1cc(Br)ccc1S(=O)(=O)Nc1nc(-c2ccc(Cl)cc2)cs1. The minimum atomic E-state index is -4.04. The summed E-state index contributed by atoms with van der Waals surface area (Å²) < 4.78 is 33.2. The van der Waals surface area contributed by atoms with Gasteiger partial charge in [-0.3, -0.25) is 4.72 Å². The highest BCUT2D eigenvalue weighted by molar-refractivity contribution is 9.10. The summed E-state index contributed by atoms with van der Waals surface area (Å²) in [6.45, 7) is 0. The van der Waals surface area contributed by atoms with Crippen molar-refractivity contribution in [1.29, 1.82) is 0 Å². The Balaban J connectivity index is 1.92. The summed E-state index contributed by atoms with van der Waals surface area (Å²) in [6, 6.07) is 11.3. The number of methoxy groups -OCH3 is 1. The number of carbonyl (C=O) groups excluding carboxylic acids is 1. The van der Waals surface area contributed by atoms with Crippen LogP contribution in [-0.4, -0.2) is 26.5 Å². The number of hydrogen-bond acceptors (Lipinski definition) is 6. The van der Waals surface area contributed by atoms with Gasteiger partial charge >= 0.3 is 5.97 Å². The van der Waals surface area contributed by atoms with Crippen LogP contribution in [0.15, 0.2) is 57.2 Å². The molecule has 0 unspecified atom stereocenters. The summed E-state index contributed by atoms with van der Waals surface area (Å²) >= 11 is 10.2. The summed E-state index contributed by atoms with van der Waals surface area (Å²) in [4.78, 5) is 16.0. The lowest BCUT2D eigenvalue weighted by atomic mass is 10.2. The smallest absolute Gasteiger partial charge is 0.339 e. The van der Waals surface area contributed by atoms with E-state index >= 15 is 0 Å². The van der Waals surface area contributed by atoms with Crippen LogP contribution in [0.5, 0.6) is 0 Å². The highest BCUT2D eigenvalue weighted by Gasteiger charge is 2.24. The maximum absolute atomic E-state index is 12.8. The van der Waals surface area contributed by atoms with Gasteiger partial charge in [-0.15, -0.1) is 11.3 Å². The molecule has 140 valence electrons. The Morgan fingerprint density at radius 1 is 1.22 bits per heavy atom. The molecule has 3 aromatic rings. The first kappa shape index (κ1) is 19.8. The number of ether oxygens (including phenoxy) is 1. The van der Waals surface area contributed by atoms with Crippen molar-refractivity contribution in [2.24, 2.45) is 0 Å². The van der Waals surface area contributed by atoms with E-state index in [2.05, 4.69) is 30.4 Å². The van der Waals surface area contributed by atoms with Gasteiger partial charge in [-0.05, 0) is 30.3 Å².